The molecule has 1 atom stereocenters. The van der Waals surface area contributed by atoms with E-state index in [-0.39, 0.29) is 11.9 Å². The number of likely N-dealkylation sites (tertiary alicyclic amines) is 1. The minimum absolute atomic E-state index is 0.0591. The molecule has 5 heteroatoms. The molecule has 1 aliphatic heterocycles. The summed E-state index contributed by atoms with van der Waals surface area (Å²) in [6, 6.07) is 7.36. The van der Waals surface area contributed by atoms with Crippen LogP contribution < -0.4 is 0 Å². The summed E-state index contributed by atoms with van der Waals surface area (Å²) in [7, 11) is 0. The SMILES string of the molecule is CC(C)(O)C1CCCN1C(=O)c1ccc(-n2cccc2)nc1. The molecule has 22 heavy (non-hydrogen) atoms. The van der Waals surface area contributed by atoms with Crippen LogP contribution in [0.15, 0.2) is 42.9 Å². The molecule has 0 aliphatic carbocycles. The van der Waals surface area contributed by atoms with Crippen molar-refractivity contribution in [1.29, 1.82) is 0 Å². The molecule has 3 rings (SSSR count). The van der Waals surface area contributed by atoms with E-state index in [0.29, 0.717) is 12.1 Å². The van der Waals surface area contributed by atoms with Gasteiger partial charge in [-0.25, -0.2) is 4.98 Å². The predicted octanol–water partition coefficient (Wildman–Crippen LogP) is 2.25. The largest absolute Gasteiger partial charge is 0.388 e. The van der Waals surface area contributed by atoms with Crippen molar-refractivity contribution in [2.45, 2.75) is 38.3 Å². The van der Waals surface area contributed by atoms with E-state index in [9.17, 15) is 9.90 Å². The Balaban J connectivity index is 1.80. The van der Waals surface area contributed by atoms with E-state index < -0.39 is 5.60 Å². The summed E-state index contributed by atoms with van der Waals surface area (Å²) >= 11 is 0. The molecule has 0 bridgehead atoms. The molecule has 1 saturated heterocycles. The van der Waals surface area contributed by atoms with Crippen molar-refractivity contribution < 1.29 is 9.90 Å². The number of rotatable bonds is 3. The molecule has 0 radical (unpaired) electrons. The Kier molecular flexibility index (Phi) is 3.74. The van der Waals surface area contributed by atoms with E-state index in [1.807, 2.05) is 35.2 Å². The van der Waals surface area contributed by atoms with E-state index in [1.54, 1.807) is 31.0 Å². The van der Waals surface area contributed by atoms with Crippen molar-refractivity contribution >= 4 is 5.91 Å². The minimum Gasteiger partial charge on any atom is -0.388 e. The molecule has 116 valence electrons. The van der Waals surface area contributed by atoms with Gasteiger partial charge in [-0.15, -0.1) is 0 Å². The second-order valence-corrected chi connectivity index (χ2v) is 6.31. The number of aromatic nitrogens is 2. The lowest BCUT2D eigenvalue weighted by Crippen LogP contribution is -2.48. The van der Waals surface area contributed by atoms with Crippen molar-refractivity contribution in [1.82, 2.24) is 14.5 Å². The van der Waals surface area contributed by atoms with E-state index in [2.05, 4.69) is 4.98 Å². The van der Waals surface area contributed by atoms with Gasteiger partial charge < -0.3 is 14.6 Å². The molecular weight excluding hydrogens is 278 g/mol. The summed E-state index contributed by atoms with van der Waals surface area (Å²) in [4.78, 5) is 18.8. The van der Waals surface area contributed by atoms with Gasteiger partial charge in [0.1, 0.15) is 5.82 Å². The molecule has 1 fully saturated rings. The molecule has 1 unspecified atom stereocenters. The molecule has 2 aromatic heterocycles. The van der Waals surface area contributed by atoms with Crippen molar-refractivity contribution in [2.75, 3.05) is 6.54 Å². The highest BCUT2D eigenvalue weighted by Gasteiger charge is 2.38. The summed E-state index contributed by atoms with van der Waals surface area (Å²) in [5, 5.41) is 10.2. The second-order valence-electron chi connectivity index (χ2n) is 6.31. The lowest BCUT2D eigenvalue weighted by atomic mass is 9.96. The van der Waals surface area contributed by atoms with E-state index in [1.165, 1.54) is 0 Å². The highest BCUT2D eigenvalue weighted by Crippen LogP contribution is 2.28. The molecule has 0 spiro atoms. The van der Waals surface area contributed by atoms with Gasteiger partial charge in [-0.05, 0) is 51.0 Å². The normalized spacial score (nSPS) is 18.7. The van der Waals surface area contributed by atoms with Crippen molar-refractivity contribution in [3.05, 3.63) is 48.4 Å². The zero-order chi connectivity index (χ0) is 15.7. The number of carbonyl (C=O) groups is 1. The number of aliphatic hydroxyl groups is 1. The lowest BCUT2D eigenvalue weighted by molar-refractivity contribution is 0.000319. The Morgan fingerprint density at radius 1 is 1.32 bits per heavy atom. The fourth-order valence-electron chi connectivity index (χ4n) is 3.06. The number of carbonyl (C=O) groups excluding carboxylic acids is 1. The number of nitrogens with zero attached hydrogens (tertiary/aromatic N) is 3. The average molecular weight is 299 g/mol. The Hall–Kier alpha value is -2.14. The number of pyridine rings is 1. The van der Waals surface area contributed by atoms with E-state index in [0.717, 1.165) is 18.7 Å². The third-order valence-electron chi connectivity index (χ3n) is 4.19. The van der Waals surface area contributed by atoms with Gasteiger partial charge in [0.25, 0.3) is 5.91 Å². The Morgan fingerprint density at radius 2 is 2.05 bits per heavy atom. The van der Waals surface area contributed by atoms with Crippen LogP contribution >= 0.6 is 0 Å². The molecule has 5 nitrogen and oxygen atoms in total. The fraction of sp³-hybridized carbons (Fsp3) is 0.412. The molecule has 1 amide bonds. The van der Waals surface area contributed by atoms with E-state index >= 15 is 0 Å². The summed E-state index contributed by atoms with van der Waals surface area (Å²) in [5.74, 6) is 0.721. The van der Waals surface area contributed by atoms with Crippen molar-refractivity contribution in [3.63, 3.8) is 0 Å². The number of hydrogen-bond acceptors (Lipinski definition) is 3. The molecule has 0 saturated carbocycles. The van der Waals surface area contributed by atoms with Crippen LogP contribution in [0, 0.1) is 0 Å². The van der Waals surface area contributed by atoms with E-state index in [4.69, 9.17) is 0 Å². The minimum atomic E-state index is -0.884. The zero-order valence-electron chi connectivity index (χ0n) is 12.9. The van der Waals surface area contributed by atoms with Crippen molar-refractivity contribution in [3.8, 4) is 5.82 Å². The van der Waals surface area contributed by atoms with Gasteiger partial charge in [-0.3, -0.25) is 4.79 Å². The first-order valence-electron chi connectivity index (χ1n) is 7.59. The van der Waals surface area contributed by atoms with Gasteiger partial charge in [0, 0.05) is 25.1 Å². The fourth-order valence-corrected chi connectivity index (χ4v) is 3.06. The Labute approximate surface area is 130 Å². The monoisotopic (exact) mass is 299 g/mol. The average Bonchev–Trinajstić information content (AvgIpc) is 3.17. The summed E-state index contributed by atoms with van der Waals surface area (Å²) in [5.41, 5.74) is -0.322. The smallest absolute Gasteiger partial charge is 0.255 e. The maximum Gasteiger partial charge on any atom is 0.255 e. The molecular formula is C17H21N3O2. The molecule has 1 aliphatic rings. The van der Waals surface area contributed by atoms with Crippen molar-refractivity contribution in [2.24, 2.45) is 0 Å². The molecule has 1 N–H and O–H groups in total. The summed E-state index contributed by atoms with van der Waals surface area (Å²) in [6.45, 7) is 4.21. The quantitative estimate of drug-likeness (QED) is 0.945. The second kappa shape index (κ2) is 5.57. The van der Waals surface area contributed by atoms with Crippen LogP contribution in [0.2, 0.25) is 0 Å². The van der Waals surface area contributed by atoms with Crippen LogP contribution in [-0.4, -0.2) is 43.7 Å². The maximum absolute atomic E-state index is 12.7. The molecule has 3 heterocycles. The van der Waals surface area contributed by atoms with Gasteiger partial charge in [0.2, 0.25) is 0 Å². The number of hydrogen-bond donors (Lipinski definition) is 1. The third kappa shape index (κ3) is 2.76. The molecule has 2 aromatic rings. The predicted molar refractivity (Wildman–Crippen MR) is 83.9 cm³/mol. The van der Waals surface area contributed by atoms with Gasteiger partial charge in [-0.2, -0.15) is 0 Å². The highest BCUT2D eigenvalue weighted by molar-refractivity contribution is 5.94. The van der Waals surface area contributed by atoms with Crippen LogP contribution in [0.4, 0.5) is 0 Å². The standard InChI is InChI=1S/C17H21N3O2/c1-17(2,22)14-6-5-11-20(14)16(21)13-7-8-15(18-12-13)19-9-3-4-10-19/h3-4,7-10,12,14,22H,5-6,11H2,1-2H3. The Bertz CT molecular complexity index is 642. The maximum atomic E-state index is 12.7. The first-order valence-corrected chi connectivity index (χ1v) is 7.59. The zero-order valence-corrected chi connectivity index (χ0v) is 12.9. The van der Waals surface area contributed by atoms with Crippen LogP contribution in [0.3, 0.4) is 0 Å². The van der Waals surface area contributed by atoms with Crippen LogP contribution in [0.1, 0.15) is 37.0 Å². The van der Waals surface area contributed by atoms with Gasteiger partial charge >= 0.3 is 0 Å². The van der Waals surface area contributed by atoms with Crippen LogP contribution in [0.25, 0.3) is 5.82 Å². The van der Waals surface area contributed by atoms with Gasteiger partial charge in [0.15, 0.2) is 0 Å². The first-order chi connectivity index (χ1) is 10.5. The Morgan fingerprint density at radius 3 is 2.64 bits per heavy atom. The summed E-state index contributed by atoms with van der Waals surface area (Å²) < 4.78 is 1.89. The first kappa shape index (κ1) is 14.8. The topological polar surface area (TPSA) is 58.4 Å². The molecule has 0 aromatic carbocycles. The number of amides is 1. The van der Waals surface area contributed by atoms with Gasteiger partial charge in [0.05, 0.1) is 17.2 Å². The lowest BCUT2D eigenvalue weighted by Gasteiger charge is -2.33. The third-order valence-corrected chi connectivity index (χ3v) is 4.19. The highest BCUT2D eigenvalue weighted by atomic mass is 16.3. The summed E-state index contributed by atoms with van der Waals surface area (Å²) in [6.07, 6.45) is 7.19. The van der Waals surface area contributed by atoms with Crippen LogP contribution in [0.5, 0.6) is 0 Å². The van der Waals surface area contributed by atoms with Gasteiger partial charge in [-0.1, -0.05) is 0 Å². The van der Waals surface area contributed by atoms with Crippen LogP contribution in [-0.2, 0) is 0 Å².